The van der Waals surface area contributed by atoms with Gasteiger partial charge in [0.1, 0.15) is 0 Å². The Labute approximate surface area is 119 Å². The smallest absolute Gasteiger partial charge is 0.274 e. The number of carbonyl (C=O) groups excluding carboxylic acids is 1. The third-order valence-electron chi connectivity index (χ3n) is 4.08. The molecule has 1 heterocycles. The zero-order valence-corrected chi connectivity index (χ0v) is 13.3. The van der Waals surface area contributed by atoms with Crippen LogP contribution >= 0.6 is 11.3 Å². The molecule has 1 atom stereocenters. The van der Waals surface area contributed by atoms with E-state index in [0.29, 0.717) is 11.3 Å². The van der Waals surface area contributed by atoms with E-state index >= 15 is 0 Å². The number of hydrogen-bond donors (Lipinski definition) is 0. The van der Waals surface area contributed by atoms with E-state index in [9.17, 15) is 4.79 Å². The van der Waals surface area contributed by atoms with Crippen molar-refractivity contribution >= 4 is 17.2 Å². The molecule has 3 nitrogen and oxygen atoms in total. The fraction of sp³-hybridized carbons (Fsp3) is 0.667. The van der Waals surface area contributed by atoms with Gasteiger partial charge in [-0.2, -0.15) is 0 Å². The summed E-state index contributed by atoms with van der Waals surface area (Å²) in [5.74, 6) is 0.659. The van der Waals surface area contributed by atoms with E-state index in [1.165, 1.54) is 29.0 Å². The largest absolute Gasteiger partial charge is 0.287 e. The zero-order valence-electron chi connectivity index (χ0n) is 12.4. The molecule has 0 aromatic carbocycles. The minimum absolute atomic E-state index is 0.0470. The Kier molecular flexibility index (Phi) is 4.02. The molecular weight excluding hydrogens is 258 g/mol. The van der Waals surface area contributed by atoms with E-state index in [1.54, 1.807) is 18.4 Å². The standard InChI is InChI=1S/C15H23NO2S/c1-15(2,3)11-6-7-12-10(8-11)9-13(19-12)14(17)16(4)18-5/h9,11H,6-8H2,1-5H3. The summed E-state index contributed by atoms with van der Waals surface area (Å²) in [5, 5.41) is 1.29. The van der Waals surface area contributed by atoms with E-state index < -0.39 is 0 Å². The average Bonchev–Trinajstić information content (AvgIpc) is 2.78. The van der Waals surface area contributed by atoms with Gasteiger partial charge in [0, 0.05) is 11.9 Å². The molecule has 0 spiro atoms. The SMILES string of the molecule is CON(C)C(=O)c1cc2c(s1)CCC(C(C)(C)C)C2. The second kappa shape index (κ2) is 5.25. The van der Waals surface area contributed by atoms with Gasteiger partial charge in [0.05, 0.1) is 12.0 Å². The number of hydrogen-bond acceptors (Lipinski definition) is 3. The van der Waals surface area contributed by atoms with Gasteiger partial charge in [-0.05, 0) is 42.2 Å². The second-order valence-electron chi connectivity index (χ2n) is 6.35. The van der Waals surface area contributed by atoms with E-state index in [0.717, 1.165) is 17.7 Å². The minimum Gasteiger partial charge on any atom is -0.274 e. The van der Waals surface area contributed by atoms with E-state index in [2.05, 4.69) is 26.8 Å². The molecule has 4 heteroatoms. The first kappa shape index (κ1) is 14.5. The number of rotatable bonds is 2. The maximum Gasteiger partial charge on any atom is 0.287 e. The van der Waals surface area contributed by atoms with Crippen LogP contribution in [0.4, 0.5) is 0 Å². The van der Waals surface area contributed by atoms with Gasteiger partial charge in [0.2, 0.25) is 0 Å². The molecular formula is C15H23NO2S. The highest BCUT2D eigenvalue weighted by atomic mass is 32.1. The van der Waals surface area contributed by atoms with Crippen molar-refractivity contribution in [3.05, 3.63) is 21.4 Å². The lowest BCUT2D eigenvalue weighted by atomic mass is 9.72. The molecule has 1 aliphatic carbocycles. The summed E-state index contributed by atoms with van der Waals surface area (Å²) in [6.07, 6.45) is 3.43. The highest BCUT2D eigenvalue weighted by Crippen LogP contribution is 2.40. The van der Waals surface area contributed by atoms with Gasteiger partial charge in [0.25, 0.3) is 5.91 Å². The summed E-state index contributed by atoms with van der Waals surface area (Å²) in [4.78, 5) is 19.2. The van der Waals surface area contributed by atoms with Crippen molar-refractivity contribution in [2.24, 2.45) is 11.3 Å². The summed E-state index contributed by atoms with van der Waals surface area (Å²) in [5.41, 5.74) is 1.71. The van der Waals surface area contributed by atoms with Crippen molar-refractivity contribution < 1.29 is 9.63 Å². The molecule has 2 rings (SSSR count). The van der Waals surface area contributed by atoms with Crippen LogP contribution in [-0.2, 0) is 17.7 Å². The molecule has 0 bridgehead atoms. The zero-order chi connectivity index (χ0) is 14.2. The highest BCUT2D eigenvalue weighted by Gasteiger charge is 2.30. The van der Waals surface area contributed by atoms with Gasteiger partial charge in [0.15, 0.2) is 0 Å². The number of carbonyl (C=O) groups is 1. The minimum atomic E-state index is -0.0470. The summed E-state index contributed by atoms with van der Waals surface area (Å²) in [6, 6.07) is 2.07. The lowest BCUT2D eigenvalue weighted by Gasteiger charge is -2.33. The fourth-order valence-electron chi connectivity index (χ4n) is 2.61. The van der Waals surface area contributed by atoms with E-state index in [4.69, 9.17) is 4.84 Å². The van der Waals surface area contributed by atoms with Crippen molar-refractivity contribution in [3.8, 4) is 0 Å². The van der Waals surface area contributed by atoms with Crippen molar-refractivity contribution in [1.29, 1.82) is 0 Å². The molecule has 1 aliphatic rings. The van der Waals surface area contributed by atoms with Crippen molar-refractivity contribution in [2.45, 2.75) is 40.0 Å². The van der Waals surface area contributed by atoms with Gasteiger partial charge in [-0.15, -0.1) is 11.3 Å². The highest BCUT2D eigenvalue weighted by molar-refractivity contribution is 7.14. The average molecular weight is 281 g/mol. The summed E-state index contributed by atoms with van der Waals surface area (Å²) in [6.45, 7) is 6.92. The monoisotopic (exact) mass is 281 g/mol. The molecule has 1 aromatic rings. The predicted molar refractivity (Wildman–Crippen MR) is 78.4 cm³/mol. The number of fused-ring (bicyclic) bond motifs is 1. The molecule has 0 aliphatic heterocycles. The Balaban J connectivity index is 2.19. The maximum atomic E-state index is 12.1. The second-order valence-corrected chi connectivity index (χ2v) is 7.49. The molecule has 1 unspecified atom stereocenters. The lowest BCUT2D eigenvalue weighted by Crippen LogP contribution is -2.26. The molecule has 1 aromatic heterocycles. The van der Waals surface area contributed by atoms with Crippen LogP contribution in [0.3, 0.4) is 0 Å². The van der Waals surface area contributed by atoms with Crippen LogP contribution in [0.5, 0.6) is 0 Å². The molecule has 106 valence electrons. The van der Waals surface area contributed by atoms with Crippen LogP contribution in [0.25, 0.3) is 0 Å². The van der Waals surface area contributed by atoms with Crippen molar-refractivity contribution in [3.63, 3.8) is 0 Å². The van der Waals surface area contributed by atoms with Crippen molar-refractivity contribution in [1.82, 2.24) is 5.06 Å². The molecule has 0 saturated heterocycles. The number of amides is 1. The Morgan fingerprint density at radius 2 is 2.16 bits per heavy atom. The number of thiophene rings is 1. The molecule has 0 saturated carbocycles. The first-order chi connectivity index (χ1) is 8.82. The Morgan fingerprint density at radius 1 is 1.47 bits per heavy atom. The Hall–Kier alpha value is -0.870. The fourth-order valence-corrected chi connectivity index (χ4v) is 3.78. The Morgan fingerprint density at radius 3 is 2.74 bits per heavy atom. The lowest BCUT2D eigenvalue weighted by molar-refractivity contribution is -0.0753. The van der Waals surface area contributed by atoms with Crippen LogP contribution in [0.2, 0.25) is 0 Å². The summed E-state index contributed by atoms with van der Waals surface area (Å²) < 4.78 is 0. The first-order valence-corrected chi connectivity index (χ1v) is 7.58. The van der Waals surface area contributed by atoms with Gasteiger partial charge < -0.3 is 0 Å². The molecule has 0 fully saturated rings. The van der Waals surface area contributed by atoms with Crippen LogP contribution in [0.15, 0.2) is 6.07 Å². The third kappa shape index (κ3) is 3.00. The Bertz CT molecular complexity index is 473. The van der Waals surface area contributed by atoms with Gasteiger partial charge in [-0.1, -0.05) is 20.8 Å². The summed E-state index contributed by atoms with van der Waals surface area (Å²) >= 11 is 1.63. The van der Waals surface area contributed by atoms with Crippen LogP contribution in [-0.4, -0.2) is 25.1 Å². The number of nitrogens with zero attached hydrogens (tertiary/aromatic N) is 1. The number of hydroxylamine groups is 2. The molecule has 19 heavy (non-hydrogen) atoms. The maximum absolute atomic E-state index is 12.1. The van der Waals surface area contributed by atoms with Crippen molar-refractivity contribution in [2.75, 3.05) is 14.2 Å². The van der Waals surface area contributed by atoms with Crippen LogP contribution in [0, 0.1) is 11.3 Å². The van der Waals surface area contributed by atoms with Crippen LogP contribution in [0.1, 0.15) is 47.3 Å². The quantitative estimate of drug-likeness (QED) is 0.776. The molecule has 0 radical (unpaired) electrons. The molecule has 0 N–H and O–H groups in total. The van der Waals surface area contributed by atoms with Gasteiger partial charge in [-0.25, -0.2) is 5.06 Å². The third-order valence-corrected chi connectivity index (χ3v) is 5.30. The normalized spacial score (nSPS) is 19.1. The van der Waals surface area contributed by atoms with Gasteiger partial charge in [-0.3, -0.25) is 9.63 Å². The number of aryl methyl sites for hydroxylation is 1. The van der Waals surface area contributed by atoms with Crippen LogP contribution < -0.4 is 0 Å². The predicted octanol–water partition coefficient (Wildman–Crippen LogP) is 3.53. The topological polar surface area (TPSA) is 29.5 Å². The first-order valence-electron chi connectivity index (χ1n) is 6.76. The van der Waals surface area contributed by atoms with Gasteiger partial charge >= 0.3 is 0 Å². The van der Waals surface area contributed by atoms with E-state index in [1.807, 2.05) is 0 Å². The summed E-state index contributed by atoms with van der Waals surface area (Å²) in [7, 11) is 3.17. The molecule has 1 amide bonds. The van der Waals surface area contributed by atoms with E-state index in [-0.39, 0.29) is 5.91 Å².